The van der Waals surface area contributed by atoms with Gasteiger partial charge in [-0.25, -0.2) is 0 Å². The second-order valence-electron chi connectivity index (χ2n) is 5.45. The molecule has 1 N–H and O–H groups in total. The Labute approximate surface area is 91.9 Å². The summed E-state index contributed by atoms with van der Waals surface area (Å²) in [5.74, 6) is -0.702. The highest BCUT2D eigenvalue weighted by Crippen LogP contribution is 2.25. The molecule has 0 aromatic heterocycles. The molecule has 0 spiro atoms. The molecule has 1 aliphatic rings. The smallest absolute Gasteiger partial charge is 0.321 e. The second-order valence-corrected chi connectivity index (χ2v) is 5.45. The van der Waals surface area contributed by atoms with Crippen LogP contribution in [0, 0.1) is 5.41 Å². The molecular weight excluding hydrogens is 192 g/mol. The van der Waals surface area contributed by atoms with Gasteiger partial charge in [0.15, 0.2) is 0 Å². The van der Waals surface area contributed by atoms with Crippen molar-refractivity contribution in [2.24, 2.45) is 5.41 Å². The van der Waals surface area contributed by atoms with Crippen LogP contribution in [-0.4, -0.2) is 60.1 Å². The molecule has 88 valence electrons. The summed E-state index contributed by atoms with van der Waals surface area (Å²) in [7, 11) is 2.07. The van der Waals surface area contributed by atoms with Crippen LogP contribution in [0.25, 0.3) is 0 Å². The number of likely N-dealkylation sites (N-methyl/N-ethyl adjacent to an activating group) is 1. The zero-order valence-corrected chi connectivity index (χ0v) is 10.2. The third kappa shape index (κ3) is 3.18. The normalized spacial score (nSPS) is 22.7. The van der Waals surface area contributed by atoms with Crippen molar-refractivity contribution in [3.63, 3.8) is 0 Å². The summed E-state index contributed by atoms with van der Waals surface area (Å²) < 4.78 is 0. The molecule has 0 saturated carbocycles. The predicted octanol–water partition coefficient (Wildman–Crippen LogP) is 0.733. The first kappa shape index (κ1) is 12.5. The summed E-state index contributed by atoms with van der Waals surface area (Å²) in [6.07, 6.45) is 0. The zero-order chi connectivity index (χ0) is 11.6. The number of carboxylic acids is 1. The fourth-order valence-corrected chi connectivity index (χ4v) is 2.15. The van der Waals surface area contributed by atoms with Crippen molar-refractivity contribution in [1.82, 2.24) is 9.80 Å². The van der Waals surface area contributed by atoms with Crippen LogP contribution < -0.4 is 0 Å². The highest BCUT2D eigenvalue weighted by atomic mass is 16.4. The van der Waals surface area contributed by atoms with Crippen molar-refractivity contribution in [2.45, 2.75) is 26.8 Å². The Morgan fingerprint density at radius 1 is 1.20 bits per heavy atom. The van der Waals surface area contributed by atoms with E-state index in [1.807, 2.05) is 20.8 Å². The quantitative estimate of drug-likeness (QED) is 0.736. The molecule has 0 amide bonds. The molecule has 4 heteroatoms. The van der Waals surface area contributed by atoms with Gasteiger partial charge in [0.2, 0.25) is 0 Å². The van der Waals surface area contributed by atoms with Gasteiger partial charge in [-0.05, 0) is 12.5 Å². The van der Waals surface area contributed by atoms with Crippen molar-refractivity contribution in [3.8, 4) is 0 Å². The van der Waals surface area contributed by atoms with Crippen LogP contribution in [0.1, 0.15) is 20.8 Å². The Morgan fingerprint density at radius 3 is 2.00 bits per heavy atom. The molecule has 1 heterocycles. The minimum atomic E-state index is -0.702. The lowest BCUT2D eigenvalue weighted by molar-refractivity contribution is -0.148. The topological polar surface area (TPSA) is 43.8 Å². The number of hydrogen-bond acceptors (Lipinski definition) is 3. The van der Waals surface area contributed by atoms with Gasteiger partial charge in [-0.3, -0.25) is 9.69 Å². The van der Waals surface area contributed by atoms with E-state index >= 15 is 0 Å². The standard InChI is InChI=1S/C11H22N2O2/c1-11(2,3)9(10(14)15)13-7-5-12(4)6-8-13/h9H,5-8H2,1-4H3,(H,14,15). The Balaban J connectivity index is 2.69. The number of carboxylic acid groups (broad SMARTS) is 1. The minimum Gasteiger partial charge on any atom is -0.480 e. The SMILES string of the molecule is CN1CCN(C(C(=O)O)C(C)(C)C)CC1. The Kier molecular flexibility index (Phi) is 3.73. The van der Waals surface area contributed by atoms with Gasteiger partial charge in [0, 0.05) is 26.2 Å². The van der Waals surface area contributed by atoms with Crippen molar-refractivity contribution < 1.29 is 9.90 Å². The molecule has 1 rings (SSSR count). The molecule has 1 unspecified atom stereocenters. The number of hydrogen-bond donors (Lipinski definition) is 1. The van der Waals surface area contributed by atoms with Crippen LogP contribution >= 0.6 is 0 Å². The minimum absolute atomic E-state index is 0.207. The number of rotatable bonds is 2. The molecule has 1 aliphatic heterocycles. The van der Waals surface area contributed by atoms with E-state index < -0.39 is 5.97 Å². The van der Waals surface area contributed by atoms with E-state index in [9.17, 15) is 9.90 Å². The highest BCUT2D eigenvalue weighted by Gasteiger charge is 2.37. The van der Waals surface area contributed by atoms with Crippen LogP contribution in [0.5, 0.6) is 0 Å². The average Bonchev–Trinajstić information content (AvgIpc) is 2.05. The zero-order valence-electron chi connectivity index (χ0n) is 10.2. The van der Waals surface area contributed by atoms with Crippen molar-refractivity contribution in [1.29, 1.82) is 0 Å². The van der Waals surface area contributed by atoms with E-state index in [0.29, 0.717) is 0 Å². The summed E-state index contributed by atoms with van der Waals surface area (Å²) in [6.45, 7) is 9.59. The lowest BCUT2D eigenvalue weighted by atomic mass is 9.85. The summed E-state index contributed by atoms with van der Waals surface area (Å²) in [5.41, 5.74) is -0.207. The fraction of sp³-hybridized carbons (Fsp3) is 0.909. The van der Waals surface area contributed by atoms with Crippen LogP contribution in [-0.2, 0) is 4.79 Å². The van der Waals surface area contributed by atoms with Gasteiger partial charge in [-0.1, -0.05) is 20.8 Å². The lowest BCUT2D eigenvalue weighted by Gasteiger charge is -2.41. The Bertz CT molecular complexity index is 227. The molecule has 1 atom stereocenters. The maximum Gasteiger partial charge on any atom is 0.321 e. The third-order valence-electron chi connectivity index (χ3n) is 2.96. The first-order chi connectivity index (χ1) is 6.82. The van der Waals surface area contributed by atoms with Gasteiger partial charge in [0.25, 0.3) is 0 Å². The van der Waals surface area contributed by atoms with E-state index in [-0.39, 0.29) is 11.5 Å². The Morgan fingerprint density at radius 2 is 1.67 bits per heavy atom. The maximum absolute atomic E-state index is 11.3. The van der Waals surface area contributed by atoms with Crippen LogP contribution in [0.3, 0.4) is 0 Å². The molecular formula is C11H22N2O2. The third-order valence-corrected chi connectivity index (χ3v) is 2.96. The van der Waals surface area contributed by atoms with E-state index in [1.165, 1.54) is 0 Å². The summed E-state index contributed by atoms with van der Waals surface area (Å²) in [6, 6.07) is -0.369. The Hall–Kier alpha value is -0.610. The first-order valence-electron chi connectivity index (χ1n) is 5.48. The number of piperazine rings is 1. The molecule has 0 aromatic rings. The van der Waals surface area contributed by atoms with E-state index in [1.54, 1.807) is 0 Å². The lowest BCUT2D eigenvalue weighted by Crippen LogP contribution is -2.56. The van der Waals surface area contributed by atoms with Gasteiger partial charge in [-0.2, -0.15) is 0 Å². The summed E-state index contributed by atoms with van der Waals surface area (Å²) in [5, 5.41) is 9.27. The van der Waals surface area contributed by atoms with Gasteiger partial charge < -0.3 is 10.0 Å². The summed E-state index contributed by atoms with van der Waals surface area (Å²) in [4.78, 5) is 15.6. The van der Waals surface area contributed by atoms with Gasteiger partial charge in [0.1, 0.15) is 6.04 Å². The number of aliphatic carboxylic acids is 1. The molecule has 0 aromatic carbocycles. The molecule has 4 nitrogen and oxygen atoms in total. The molecule has 15 heavy (non-hydrogen) atoms. The number of nitrogens with zero attached hydrogens (tertiary/aromatic N) is 2. The van der Waals surface area contributed by atoms with Crippen molar-refractivity contribution in [2.75, 3.05) is 33.2 Å². The van der Waals surface area contributed by atoms with E-state index in [4.69, 9.17) is 0 Å². The first-order valence-corrected chi connectivity index (χ1v) is 5.48. The second kappa shape index (κ2) is 4.49. The van der Waals surface area contributed by atoms with Gasteiger partial charge >= 0.3 is 5.97 Å². The predicted molar refractivity (Wildman–Crippen MR) is 59.9 cm³/mol. The highest BCUT2D eigenvalue weighted by molar-refractivity contribution is 5.74. The fourth-order valence-electron chi connectivity index (χ4n) is 2.15. The van der Waals surface area contributed by atoms with E-state index in [0.717, 1.165) is 26.2 Å². The number of carbonyl (C=O) groups is 1. The maximum atomic E-state index is 11.3. The molecule has 0 bridgehead atoms. The largest absolute Gasteiger partial charge is 0.480 e. The van der Waals surface area contributed by atoms with Crippen molar-refractivity contribution in [3.05, 3.63) is 0 Å². The van der Waals surface area contributed by atoms with Gasteiger partial charge in [-0.15, -0.1) is 0 Å². The molecule has 1 saturated heterocycles. The van der Waals surface area contributed by atoms with E-state index in [2.05, 4.69) is 16.8 Å². The summed E-state index contributed by atoms with van der Waals surface area (Å²) >= 11 is 0. The molecule has 1 fully saturated rings. The average molecular weight is 214 g/mol. The van der Waals surface area contributed by atoms with Crippen LogP contribution in [0.2, 0.25) is 0 Å². The molecule has 0 aliphatic carbocycles. The van der Waals surface area contributed by atoms with Crippen LogP contribution in [0.4, 0.5) is 0 Å². The van der Waals surface area contributed by atoms with Crippen molar-refractivity contribution >= 4 is 5.97 Å². The van der Waals surface area contributed by atoms with Gasteiger partial charge in [0.05, 0.1) is 0 Å². The monoisotopic (exact) mass is 214 g/mol. The molecule has 0 radical (unpaired) electrons. The van der Waals surface area contributed by atoms with Crippen LogP contribution in [0.15, 0.2) is 0 Å².